The largest absolute Gasteiger partial charge is 0.355 e. The zero-order chi connectivity index (χ0) is 17.8. The third-order valence-electron chi connectivity index (χ3n) is 4.56. The van der Waals surface area contributed by atoms with Crippen LogP contribution in [0.2, 0.25) is 0 Å². The maximum absolute atomic E-state index is 12.7. The molecule has 1 N–H and O–H groups in total. The minimum atomic E-state index is -0.0622. The number of amides is 1. The number of pyridine rings is 1. The van der Waals surface area contributed by atoms with Crippen LogP contribution < -0.4 is 10.2 Å². The molecule has 0 unspecified atom stereocenters. The van der Waals surface area contributed by atoms with E-state index in [4.69, 9.17) is 0 Å². The summed E-state index contributed by atoms with van der Waals surface area (Å²) < 4.78 is 1.78. The van der Waals surface area contributed by atoms with Crippen molar-refractivity contribution in [3.63, 3.8) is 0 Å². The van der Waals surface area contributed by atoms with Crippen LogP contribution in [-0.2, 0) is 0 Å². The predicted molar refractivity (Wildman–Crippen MR) is 98.3 cm³/mol. The van der Waals surface area contributed by atoms with E-state index in [0.717, 1.165) is 37.4 Å². The third-order valence-corrected chi connectivity index (χ3v) is 4.56. The van der Waals surface area contributed by atoms with Crippen LogP contribution in [0.3, 0.4) is 0 Å². The Morgan fingerprint density at radius 3 is 2.81 bits per heavy atom. The van der Waals surface area contributed by atoms with Gasteiger partial charge in [0.05, 0.1) is 0 Å². The molecular formula is C19H20N6O. The fraction of sp³-hybridized carbons (Fsp3) is 0.263. The summed E-state index contributed by atoms with van der Waals surface area (Å²) in [4.78, 5) is 19.3. The van der Waals surface area contributed by atoms with Gasteiger partial charge < -0.3 is 10.2 Å². The molecule has 1 aliphatic rings. The maximum Gasteiger partial charge on any atom is 0.251 e. The van der Waals surface area contributed by atoms with Crippen molar-refractivity contribution in [2.75, 3.05) is 18.0 Å². The van der Waals surface area contributed by atoms with Gasteiger partial charge in [0, 0.05) is 36.6 Å². The molecule has 0 bridgehead atoms. The van der Waals surface area contributed by atoms with Gasteiger partial charge in [-0.2, -0.15) is 0 Å². The van der Waals surface area contributed by atoms with Crippen LogP contribution in [0.5, 0.6) is 0 Å². The van der Waals surface area contributed by atoms with Crippen LogP contribution in [0.15, 0.2) is 61.3 Å². The molecule has 4 rings (SSSR count). The van der Waals surface area contributed by atoms with E-state index >= 15 is 0 Å². The van der Waals surface area contributed by atoms with Crippen molar-refractivity contribution in [1.82, 2.24) is 25.1 Å². The summed E-state index contributed by atoms with van der Waals surface area (Å²) in [7, 11) is 0. The molecule has 1 atom stereocenters. The van der Waals surface area contributed by atoms with Gasteiger partial charge in [0.1, 0.15) is 18.5 Å². The number of carbonyl (C=O) groups excluding carboxylic acids is 1. The van der Waals surface area contributed by atoms with Gasteiger partial charge in [-0.05, 0) is 43.2 Å². The molecule has 1 saturated heterocycles. The summed E-state index contributed by atoms with van der Waals surface area (Å²) in [5.74, 6) is 0.897. The summed E-state index contributed by atoms with van der Waals surface area (Å²) in [5.41, 5.74) is 1.49. The summed E-state index contributed by atoms with van der Waals surface area (Å²) >= 11 is 0. The highest BCUT2D eigenvalue weighted by molar-refractivity contribution is 5.95. The lowest BCUT2D eigenvalue weighted by Crippen LogP contribution is -2.48. The highest BCUT2D eigenvalue weighted by Crippen LogP contribution is 2.18. The SMILES string of the molecule is O=C(N[C@H]1CCCN(c2ccccn2)C1)c1cccc(-n2cnnc2)c1. The van der Waals surface area contributed by atoms with E-state index in [1.54, 1.807) is 23.4 Å². The van der Waals surface area contributed by atoms with Gasteiger partial charge in [-0.1, -0.05) is 12.1 Å². The van der Waals surface area contributed by atoms with Gasteiger partial charge >= 0.3 is 0 Å². The molecule has 0 spiro atoms. The molecular weight excluding hydrogens is 328 g/mol. The van der Waals surface area contributed by atoms with Crippen LogP contribution >= 0.6 is 0 Å². The fourth-order valence-electron chi connectivity index (χ4n) is 3.25. The normalized spacial score (nSPS) is 17.1. The Kier molecular flexibility index (Phi) is 4.59. The number of hydrogen-bond acceptors (Lipinski definition) is 5. The van der Waals surface area contributed by atoms with Gasteiger partial charge in [0.25, 0.3) is 5.91 Å². The molecule has 7 heteroatoms. The monoisotopic (exact) mass is 348 g/mol. The molecule has 0 saturated carbocycles. The van der Waals surface area contributed by atoms with E-state index in [2.05, 4.69) is 25.4 Å². The molecule has 3 aromatic rings. The van der Waals surface area contributed by atoms with Crippen LogP contribution in [0.1, 0.15) is 23.2 Å². The Bertz CT molecular complexity index is 865. The zero-order valence-corrected chi connectivity index (χ0v) is 14.3. The third kappa shape index (κ3) is 3.56. The van der Waals surface area contributed by atoms with E-state index < -0.39 is 0 Å². The number of piperidine rings is 1. The lowest BCUT2D eigenvalue weighted by Gasteiger charge is -2.34. The first-order valence-electron chi connectivity index (χ1n) is 8.71. The smallest absolute Gasteiger partial charge is 0.251 e. The van der Waals surface area contributed by atoms with Gasteiger partial charge in [0.2, 0.25) is 0 Å². The van der Waals surface area contributed by atoms with Crippen LogP contribution in [0.4, 0.5) is 5.82 Å². The minimum Gasteiger partial charge on any atom is -0.355 e. The number of hydrogen-bond donors (Lipinski definition) is 1. The molecule has 1 aromatic carbocycles. The van der Waals surface area contributed by atoms with E-state index in [-0.39, 0.29) is 11.9 Å². The van der Waals surface area contributed by atoms with Crippen LogP contribution in [-0.4, -0.2) is 44.8 Å². The lowest BCUT2D eigenvalue weighted by molar-refractivity contribution is 0.0933. The van der Waals surface area contributed by atoms with Gasteiger partial charge in [-0.15, -0.1) is 10.2 Å². The first-order valence-corrected chi connectivity index (χ1v) is 8.71. The van der Waals surface area contributed by atoms with Crippen LogP contribution in [0.25, 0.3) is 5.69 Å². The van der Waals surface area contributed by atoms with Crippen molar-refractivity contribution in [3.8, 4) is 5.69 Å². The quantitative estimate of drug-likeness (QED) is 0.781. The maximum atomic E-state index is 12.7. The molecule has 3 heterocycles. The molecule has 1 fully saturated rings. The van der Waals surface area contributed by atoms with Crippen molar-refractivity contribution in [2.45, 2.75) is 18.9 Å². The summed E-state index contributed by atoms with van der Waals surface area (Å²) in [6, 6.07) is 13.5. The van der Waals surface area contributed by atoms with Gasteiger partial charge in [-0.3, -0.25) is 9.36 Å². The van der Waals surface area contributed by atoms with Crippen molar-refractivity contribution in [2.24, 2.45) is 0 Å². The van der Waals surface area contributed by atoms with Crippen molar-refractivity contribution in [1.29, 1.82) is 0 Å². The highest BCUT2D eigenvalue weighted by atomic mass is 16.1. The lowest BCUT2D eigenvalue weighted by atomic mass is 10.0. The van der Waals surface area contributed by atoms with E-state index in [0.29, 0.717) is 5.56 Å². The Hall–Kier alpha value is -3.22. The second-order valence-corrected chi connectivity index (χ2v) is 6.37. The Morgan fingerprint density at radius 1 is 1.12 bits per heavy atom. The standard InChI is InChI=1S/C19H20N6O/c26-19(15-5-3-7-17(11-15)25-13-21-22-14-25)23-16-6-4-10-24(12-16)18-8-1-2-9-20-18/h1-3,5,7-9,11,13-14,16H,4,6,10,12H2,(H,23,26)/t16-/m0/s1. The first-order chi connectivity index (χ1) is 12.8. The molecule has 7 nitrogen and oxygen atoms in total. The average molecular weight is 348 g/mol. The number of aromatic nitrogens is 4. The van der Waals surface area contributed by atoms with E-state index in [1.807, 2.05) is 42.5 Å². The minimum absolute atomic E-state index is 0.0622. The number of anilines is 1. The van der Waals surface area contributed by atoms with Crippen molar-refractivity contribution in [3.05, 3.63) is 66.9 Å². The molecule has 1 amide bonds. The van der Waals surface area contributed by atoms with Gasteiger partial charge in [0.15, 0.2) is 0 Å². The number of nitrogens with zero attached hydrogens (tertiary/aromatic N) is 5. The molecule has 26 heavy (non-hydrogen) atoms. The fourth-order valence-corrected chi connectivity index (χ4v) is 3.25. The number of benzene rings is 1. The topological polar surface area (TPSA) is 75.9 Å². The number of nitrogens with one attached hydrogen (secondary N) is 1. The predicted octanol–water partition coefficient (Wildman–Crippen LogP) is 2.06. The number of carbonyl (C=O) groups is 1. The second kappa shape index (κ2) is 7.35. The van der Waals surface area contributed by atoms with E-state index in [1.165, 1.54) is 0 Å². The van der Waals surface area contributed by atoms with Crippen molar-refractivity contribution >= 4 is 11.7 Å². The molecule has 0 radical (unpaired) electrons. The molecule has 132 valence electrons. The Labute approximate surface area is 151 Å². The van der Waals surface area contributed by atoms with Gasteiger partial charge in [-0.25, -0.2) is 4.98 Å². The number of rotatable bonds is 4. The van der Waals surface area contributed by atoms with E-state index in [9.17, 15) is 4.79 Å². The van der Waals surface area contributed by atoms with Crippen LogP contribution in [0, 0.1) is 0 Å². The zero-order valence-electron chi connectivity index (χ0n) is 14.3. The first kappa shape index (κ1) is 16.3. The second-order valence-electron chi connectivity index (χ2n) is 6.37. The Morgan fingerprint density at radius 2 is 2.00 bits per heavy atom. The molecule has 1 aliphatic heterocycles. The summed E-state index contributed by atoms with van der Waals surface area (Å²) in [5, 5.41) is 10.8. The molecule has 2 aromatic heterocycles. The van der Waals surface area contributed by atoms with Crippen molar-refractivity contribution < 1.29 is 4.79 Å². The molecule has 0 aliphatic carbocycles. The summed E-state index contributed by atoms with van der Waals surface area (Å²) in [6.07, 6.45) is 7.03. The average Bonchev–Trinajstić information content (AvgIpc) is 3.24. The Balaban J connectivity index is 1.44. The highest BCUT2D eigenvalue weighted by Gasteiger charge is 2.22. The summed E-state index contributed by atoms with van der Waals surface area (Å²) in [6.45, 7) is 1.74.